The summed E-state index contributed by atoms with van der Waals surface area (Å²) >= 11 is 0. The highest BCUT2D eigenvalue weighted by Gasteiger charge is 2.32. The minimum Gasteiger partial charge on any atom is -0.442 e. The van der Waals surface area contributed by atoms with E-state index in [4.69, 9.17) is 14.7 Å². The van der Waals surface area contributed by atoms with Crippen LogP contribution in [-0.2, 0) is 14.4 Å². The van der Waals surface area contributed by atoms with Crippen molar-refractivity contribution in [2.24, 2.45) is 0 Å². The number of carbonyl (C=O) groups is 2. The number of hydroxylamine groups is 1. The number of aliphatic hydroxyl groups excluding tert-OH is 1. The Bertz CT molecular complexity index is 1090. The number of aliphatic hydroxyl groups is 1. The van der Waals surface area contributed by atoms with Crippen molar-refractivity contribution >= 4 is 23.4 Å². The lowest BCUT2D eigenvalue weighted by Gasteiger charge is -2.15. The van der Waals surface area contributed by atoms with Crippen LogP contribution in [0.15, 0.2) is 42.5 Å². The van der Waals surface area contributed by atoms with Crippen molar-refractivity contribution < 1.29 is 33.1 Å². The molecule has 2 amide bonds. The fourth-order valence-corrected chi connectivity index (χ4v) is 3.53. The zero-order valence-electron chi connectivity index (χ0n) is 17.1. The third kappa shape index (κ3) is 4.41. The summed E-state index contributed by atoms with van der Waals surface area (Å²) in [5.74, 6) is -1.59. The number of cyclic esters (lactones) is 1. The number of ether oxygens (including phenoxy) is 1. The molecule has 0 saturated carbocycles. The van der Waals surface area contributed by atoms with E-state index in [1.54, 1.807) is 12.1 Å². The van der Waals surface area contributed by atoms with Crippen LogP contribution in [0, 0.1) is 11.6 Å². The summed E-state index contributed by atoms with van der Waals surface area (Å²) in [6, 6.07) is 8.35. The second kappa shape index (κ2) is 8.93. The third-order valence-electron chi connectivity index (χ3n) is 5.14. The van der Waals surface area contributed by atoms with Gasteiger partial charge in [0.25, 0.3) is 0 Å². The van der Waals surface area contributed by atoms with Crippen LogP contribution in [0.25, 0.3) is 16.8 Å². The van der Waals surface area contributed by atoms with Gasteiger partial charge in [-0.3, -0.25) is 20.0 Å². The molecule has 0 radical (unpaired) electrons. The number of amides is 2. The van der Waals surface area contributed by atoms with Crippen LogP contribution in [0.5, 0.6) is 0 Å². The maximum Gasteiger partial charge on any atom is 0.414 e. The fraction of sp³-hybridized carbons (Fsp3) is 0.273. The lowest BCUT2D eigenvalue weighted by atomic mass is 10.0. The molecule has 4 rings (SSSR count). The van der Waals surface area contributed by atoms with Crippen LogP contribution in [0.1, 0.15) is 12.5 Å². The van der Waals surface area contributed by atoms with E-state index in [0.29, 0.717) is 11.3 Å². The van der Waals surface area contributed by atoms with Gasteiger partial charge in [-0.2, -0.15) is 0 Å². The number of carbonyl (C=O) groups excluding carboxylic acids is 2. The van der Waals surface area contributed by atoms with Crippen LogP contribution >= 0.6 is 0 Å². The topological polar surface area (TPSA) is 100 Å². The van der Waals surface area contributed by atoms with Gasteiger partial charge in [0.1, 0.15) is 23.8 Å². The minimum absolute atomic E-state index is 0.0398. The Morgan fingerprint density at radius 2 is 1.94 bits per heavy atom. The second-order valence-electron chi connectivity index (χ2n) is 7.43. The Balaban J connectivity index is 1.53. The fourth-order valence-electron chi connectivity index (χ4n) is 3.53. The van der Waals surface area contributed by atoms with E-state index in [-0.39, 0.29) is 42.4 Å². The molecule has 0 bridgehead atoms. The molecule has 0 spiro atoms. The van der Waals surface area contributed by atoms with E-state index in [1.807, 2.05) is 0 Å². The van der Waals surface area contributed by atoms with Gasteiger partial charge in [-0.05, 0) is 30.3 Å². The Morgan fingerprint density at radius 3 is 2.56 bits per heavy atom. The standard InChI is InChI=1S/C22H21F2N3O5/c1-12(29)25-9-16-10-27(22(30)31-16)14-3-5-18(20(24)7-14)17-4-2-13(6-19(17)23)21-8-15(11-28)32-26-21/h2-8,15-16,26,28H,9-11H2,1H3,(H,25,29)/t15?,16-/m0/s1. The van der Waals surface area contributed by atoms with Crippen LogP contribution in [0.2, 0.25) is 0 Å². The molecule has 1 unspecified atom stereocenters. The van der Waals surface area contributed by atoms with Gasteiger partial charge in [0.05, 0.1) is 31.1 Å². The maximum atomic E-state index is 14.9. The van der Waals surface area contributed by atoms with Crippen molar-refractivity contribution in [3.05, 3.63) is 59.7 Å². The SMILES string of the molecule is CC(=O)NC[C@H]1CN(c2ccc(-c3ccc(C4=CC(CO)ON4)cc3F)c(F)c2)C(=O)O1. The first-order chi connectivity index (χ1) is 15.4. The van der Waals surface area contributed by atoms with Gasteiger partial charge in [0, 0.05) is 23.6 Å². The van der Waals surface area contributed by atoms with E-state index in [2.05, 4.69) is 10.8 Å². The van der Waals surface area contributed by atoms with Gasteiger partial charge in [-0.15, -0.1) is 0 Å². The van der Waals surface area contributed by atoms with E-state index < -0.39 is 29.9 Å². The highest BCUT2D eigenvalue weighted by atomic mass is 19.1. The number of anilines is 1. The molecule has 168 valence electrons. The number of nitrogens with one attached hydrogen (secondary N) is 2. The number of benzene rings is 2. The zero-order valence-corrected chi connectivity index (χ0v) is 17.1. The summed E-state index contributed by atoms with van der Waals surface area (Å²) in [5.41, 5.74) is 3.99. The van der Waals surface area contributed by atoms with E-state index in [1.165, 1.54) is 36.1 Å². The van der Waals surface area contributed by atoms with Crippen molar-refractivity contribution in [1.29, 1.82) is 0 Å². The minimum atomic E-state index is -0.700. The van der Waals surface area contributed by atoms with Gasteiger partial charge in [0.2, 0.25) is 5.91 Å². The molecule has 2 heterocycles. The van der Waals surface area contributed by atoms with Gasteiger partial charge in [0.15, 0.2) is 0 Å². The molecular weight excluding hydrogens is 424 g/mol. The predicted molar refractivity (Wildman–Crippen MR) is 111 cm³/mol. The smallest absolute Gasteiger partial charge is 0.414 e. The highest BCUT2D eigenvalue weighted by Crippen LogP contribution is 2.32. The molecule has 2 aromatic carbocycles. The highest BCUT2D eigenvalue weighted by molar-refractivity contribution is 5.90. The molecule has 3 N–H and O–H groups in total. The number of nitrogens with zero attached hydrogens (tertiary/aromatic N) is 1. The Labute approximate surface area is 182 Å². The molecule has 1 saturated heterocycles. The first kappa shape index (κ1) is 21.7. The number of halogens is 2. The van der Waals surface area contributed by atoms with E-state index >= 15 is 0 Å². The molecule has 10 heteroatoms. The summed E-state index contributed by atoms with van der Waals surface area (Å²) in [6.07, 6.45) is -0.0957. The third-order valence-corrected chi connectivity index (χ3v) is 5.14. The van der Waals surface area contributed by atoms with Crippen molar-refractivity contribution in [1.82, 2.24) is 10.8 Å². The summed E-state index contributed by atoms with van der Waals surface area (Å²) in [5, 5.41) is 11.7. The zero-order chi connectivity index (χ0) is 22.8. The van der Waals surface area contributed by atoms with E-state index in [9.17, 15) is 18.4 Å². The van der Waals surface area contributed by atoms with Crippen molar-refractivity contribution in [2.75, 3.05) is 24.6 Å². The molecule has 2 aliphatic heterocycles. The maximum absolute atomic E-state index is 14.9. The quantitative estimate of drug-likeness (QED) is 0.631. The summed E-state index contributed by atoms with van der Waals surface area (Å²) in [4.78, 5) is 29.5. The van der Waals surface area contributed by atoms with Crippen LogP contribution in [0.4, 0.5) is 19.3 Å². The second-order valence-corrected chi connectivity index (χ2v) is 7.43. The number of hydrogen-bond donors (Lipinski definition) is 3. The van der Waals surface area contributed by atoms with Crippen molar-refractivity contribution in [3.63, 3.8) is 0 Å². The molecule has 2 aromatic rings. The molecule has 2 aliphatic rings. The Hall–Kier alpha value is -3.50. The molecule has 1 fully saturated rings. The molecule has 2 atom stereocenters. The van der Waals surface area contributed by atoms with Crippen molar-refractivity contribution in [3.8, 4) is 11.1 Å². The number of rotatable bonds is 6. The van der Waals surface area contributed by atoms with Crippen molar-refractivity contribution in [2.45, 2.75) is 19.1 Å². The Kier molecular flexibility index (Phi) is 6.06. The lowest BCUT2D eigenvalue weighted by Crippen LogP contribution is -2.33. The van der Waals surface area contributed by atoms with Gasteiger partial charge < -0.3 is 15.2 Å². The normalized spacial score (nSPS) is 20.1. The van der Waals surface area contributed by atoms with Gasteiger partial charge in [-0.1, -0.05) is 12.1 Å². The summed E-state index contributed by atoms with van der Waals surface area (Å²) in [6.45, 7) is 1.45. The van der Waals surface area contributed by atoms with E-state index in [0.717, 1.165) is 6.07 Å². The molecular formula is C22H21F2N3O5. The molecule has 32 heavy (non-hydrogen) atoms. The molecule has 0 aromatic heterocycles. The molecule has 0 aliphatic carbocycles. The average molecular weight is 445 g/mol. The number of hydrogen-bond acceptors (Lipinski definition) is 6. The average Bonchev–Trinajstić information content (AvgIpc) is 3.39. The van der Waals surface area contributed by atoms with Crippen LogP contribution in [0.3, 0.4) is 0 Å². The van der Waals surface area contributed by atoms with Crippen LogP contribution in [-0.4, -0.2) is 49.0 Å². The van der Waals surface area contributed by atoms with Gasteiger partial charge >= 0.3 is 6.09 Å². The summed E-state index contributed by atoms with van der Waals surface area (Å²) < 4.78 is 34.8. The predicted octanol–water partition coefficient (Wildman–Crippen LogP) is 2.33. The van der Waals surface area contributed by atoms with Crippen LogP contribution < -0.4 is 15.7 Å². The largest absolute Gasteiger partial charge is 0.442 e. The Morgan fingerprint density at radius 1 is 1.22 bits per heavy atom. The van der Waals surface area contributed by atoms with Gasteiger partial charge in [-0.25, -0.2) is 13.6 Å². The molecule has 8 nitrogen and oxygen atoms in total. The monoisotopic (exact) mass is 445 g/mol. The summed E-state index contributed by atoms with van der Waals surface area (Å²) in [7, 11) is 0. The first-order valence-corrected chi connectivity index (χ1v) is 9.92. The lowest BCUT2D eigenvalue weighted by molar-refractivity contribution is -0.119. The first-order valence-electron chi connectivity index (χ1n) is 9.92.